The molecule has 2 aromatic rings. The number of halogens is 1. The molecule has 1 aromatic heterocycles. The number of benzene rings is 1. The molecular weight excluding hydrogens is 256 g/mol. The standard InChI is InChI=1S/C12H9ClN2O3/c1-15-11(17)9(6-14-12(15)18)10(16)7-2-4-8(13)5-3-7/h2-6H,1H3,(H,14,18). The molecule has 0 aliphatic heterocycles. The fourth-order valence-electron chi connectivity index (χ4n) is 1.48. The second-order valence-electron chi connectivity index (χ2n) is 3.71. The zero-order valence-corrected chi connectivity index (χ0v) is 10.2. The first-order chi connectivity index (χ1) is 8.50. The molecule has 5 nitrogen and oxygen atoms in total. The average Bonchev–Trinajstić information content (AvgIpc) is 2.36. The fraction of sp³-hybridized carbons (Fsp3) is 0.0833. The van der Waals surface area contributed by atoms with Crippen molar-refractivity contribution in [3.05, 3.63) is 67.4 Å². The van der Waals surface area contributed by atoms with Crippen LogP contribution in [0.2, 0.25) is 5.02 Å². The lowest BCUT2D eigenvalue weighted by atomic mass is 10.1. The Hall–Kier alpha value is -2.14. The van der Waals surface area contributed by atoms with Gasteiger partial charge in [0.25, 0.3) is 5.56 Å². The Labute approximate surface area is 107 Å². The van der Waals surface area contributed by atoms with Gasteiger partial charge in [-0.1, -0.05) is 11.6 Å². The molecule has 0 amide bonds. The Kier molecular flexibility index (Phi) is 3.16. The number of carbonyl (C=O) groups is 1. The van der Waals surface area contributed by atoms with Gasteiger partial charge in [-0.2, -0.15) is 0 Å². The van der Waals surface area contributed by atoms with E-state index in [0.29, 0.717) is 10.6 Å². The van der Waals surface area contributed by atoms with Gasteiger partial charge in [0.1, 0.15) is 5.56 Å². The van der Waals surface area contributed by atoms with Crippen molar-refractivity contribution >= 4 is 17.4 Å². The number of ketones is 1. The molecule has 0 aliphatic rings. The Bertz CT molecular complexity index is 713. The Balaban J connectivity index is 2.53. The number of nitrogens with zero attached hydrogens (tertiary/aromatic N) is 1. The van der Waals surface area contributed by atoms with Gasteiger partial charge >= 0.3 is 5.69 Å². The van der Waals surface area contributed by atoms with E-state index >= 15 is 0 Å². The average molecular weight is 265 g/mol. The molecule has 6 heteroatoms. The number of aromatic amines is 1. The van der Waals surface area contributed by atoms with Gasteiger partial charge in [0.2, 0.25) is 0 Å². The van der Waals surface area contributed by atoms with Crippen LogP contribution >= 0.6 is 11.6 Å². The van der Waals surface area contributed by atoms with Gasteiger partial charge < -0.3 is 4.98 Å². The van der Waals surface area contributed by atoms with Crippen LogP contribution in [0.5, 0.6) is 0 Å². The summed E-state index contributed by atoms with van der Waals surface area (Å²) in [4.78, 5) is 37.3. The molecular formula is C12H9ClN2O3. The number of rotatable bonds is 2. The molecule has 1 N–H and O–H groups in total. The molecule has 0 bridgehead atoms. The molecule has 0 spiro atoms. The Morgan fingerprint density at radius 3 is 2.44 bits per heavy atom. The molecule has 0 saturated heterocycles. The van der Waals surface area contributed by atoms with Crippen molar-refractivity contribution < 1.29 is 4.79 Å². The number of H-pyrrole nitrogens is 1. The monoisotopic (exact) mass is 264 g/mol. The van der Waals surface area contributed by atoms with Crippen LogP contribution in [-0.2, 0) is 7.05 Å². The minimum absolute atomic E-state index is 0.0839. The van der Waals surface area contributed by atoms with E-state index in [1.807, 2.05) is 0 Å². The normalized spacial score (nSPS) is 10.3. The van der Waals surface area contributed by atoms with Crippen molar-refractivity contribution in [2.75, 3.05) is 0 Å². The highest BCUT2D eigenvalue weighted by Crippen LogP contribution is 2.11. The SMILES string of the molecule is Cn1c(=O)[nH]cc(C(=O)c2ccc(Cl)cc2)c1=O. The molecule has 0 radical (unpaired) electrons. The summed E-state index contributed by atoms with van der Waals surface area (Å²) in [5.74, 6) is -0.455. The van der Waals surface area contributed by atoms with E-state index in [0.717, 1.165) is 10.8 Å². The van der Waals surface area contributed by atoms with E-state index in [2.05, 4.69) is 4.98 Å². The predicted octanol–water partition coefficient (Wildman–Crippen LogP) is 0.958. The lowest BCUT2D eigenvalue weighted by Crippen LogP contribution is -2.35. The molecule has 1 aromatic carbocycles. The minimum Gasteiger partial charge on any atom is -0.313 e. The maximum Gasteiger partial charge on any atom is 0.328 e. The van der Waals surface area contributed by atoms with Crippen molar-refractivity contribution in [3.63, 3.8) is 0 Å². The largest absolute Gasteiger partial charge is 0.328 e. The van der Waals surface area contributed by atoms with Crippen LogP contribution in [0.1, 0.15) is 15.9 Å². The summed E-state index contributed by atoms with van der Waals surface area (Å²) in [6.07, 6.45) is 1.13. The quantitative estimate of drug-likeness (QED) is 0.821. The van der Waals surface area contributed by atoms with Gasteiger partial charge in [-0.05, 0) is 24.3 Å². The summed E-state index contributed by atoms with van der Waals surface area (Å²) in [5.41, 5.74) is -0.936. The molecule has 92 valence electrons. The van der Waals surface area contributed by atoms with Crippen LogP contribution in [0.3, 0.4) is 0 Å². The first kappa shape index (κ1) is 12.3. The van der Waals surface area contributed by atoms with Crippen LogP contribution in [0.25, 0.3) is 0 Å². The zero-order valence-electron chi connectivity index (χ0n) is 9.44. The highest BCUT2D eigenvalue weighted by Gasteiger charge is 2.14. The molecule has 0 fully saturated rings. The molecule has 0 atom stereocenters. The van der Waals surface area contributed by atoms with Crippen LogP contribution in [0, 0.1) is 0 Å². The first-order valence-electron chi connectivity index (χ1n) is 5.09. The van der Waals surface area contributed by atoms with Crippen molar-refractivity contribution in [1.29, 1.82) is 0 Å². The van der Waals surface area contributed by atoms with E-state index in [4.69, 9.17) is 11.6 Å². The van der Waals surface area contributed by atoms with Crippen molar-refractivity contribution in [3.8, 4) is 0 Å². The third kappa shape index (κ3) is 2.12. The van der Waals surface area contributed by atoms with E-state index in [1.54, 1.807) is 12.1 Å². The Morgan fingerprint density at radius 2 is 1.83 bits per heavy atom. The molecule has 1 heterocycles. The zero-order chi connectivity index (χ0) is 13.3. The third-order valence-corrected chi connectivity index (χ3v) is 2.78. The number of nitrogens with one attached hydrogen (secondary N) is 1. The van der Waals surface area contributed by atoms with Crippen LogP contribution in [0.15, 0.2) is 40.1 Å². The summed E-state index contributed by atoms with van der Waals surface area (Å²) in [7, 11) is 1.31. The second-order valence-corrected chi connectivity index (χ2v) is 4.14. The third-order valence-electron chi connectivity index (χ3n) is 2.53. The summed E-state index contributed by atoms with van der Waals surface area (Å²) < 4.78 is 0.850. The van der Waals surface area contributed by atoms with Gasteiger partial charge in [-0.3, -0.25) is 14.2 Å². The van der Waals surface area contributed by atoms with Crippen LogP contribution < -0.4 is 11.2 Å². The summed E-state index contributed by atoms with van der Waals surface area (Å²) in [6.45, 7) is 0. The molecule has 0 saturated carbocycles. The van der Waals surface area contributed by atoms with Gasteiger partial charge in [0.05, 0.1) is 0 Å². The number of aromatic nitrogens is 2. The van der Waals surface area contributed by atoms with Gasteiger partial charge in [-0.25, -0.2) is 4.79 Å². The molecule has 2 rings (SSSR count). The van der Waals surface area contributed by atoms with E-state index in [-0.39, 0.29) is 5.56 Å². The van der Waals surface area contributed by atoms with Crippen molar-refractivity contribution in [1.82, 2.24) is 9.55 Å². The van der Waals surface area contributed by atoms with E-state index in [9.17, 15) is 14.4 Å². The summed E-state index contributed by atoms with van der Waals surface area (Å²) in [5, 5.41) is 0.501. The van der Waals surface area contributed by atoms with Crippen molar-refractivity contribution in [2.45, 2.75) is 0 Å². The smallest absolute Gasteiger partial charge is 0.313 e. The lowest BCUT2D eigenvalue weighted by Gasteiger charge is -2.02. The molecule has 0 unspecified atom stereocenters. The minimum atomic E-state index is -0.626. The number of hydrogen-bond donors (Lipinski definition) is 1. The maximum absolute atomic E-state index is 12.1. The van der Waals surface area contributed by atoms with Crippen molar-refractivity contribution in [2.24, 2.45) is 7.05 Å². The number of hydrogen-bond acceptors (Lipinski definition) is 3. The highest BCUT2D eigenvalue weighted by atomic mass is 35.5. The van der Waals surface area contributed by atoms with E-state index < -0.39 is 17.0 Å². The van der Waals surface area contributed by atoms with Crippen LogP contribution in [0.4, 0.5) is 0 Å². The predicted molar refractivity (Wildman–Crippen MR) is 67.2 cm³/mol. The van der Waals surface area contributed by atoms with Gasteiger partial charge in [0, 0.05) is 23.8 Å². The Morgan fingerprint density at radius 1 is 1.22 bits per heavy atom. The first-order valence-corrected chi connectivity index (χ1v) is 5.47. The highest BCUT2D eigenvalue weighted by molar-refractivity contribution is 6.30. The van der Waals surface area contributed by atoms with Crippen LogP contribution in [-0.4, -0.2) is 15.3 Å². The van der Waals surface area contributed by atoms with Gasteiger partial charge in [-0.15, -0.1) is 0 Å². The topological polar surface area (TPSA) is 71.9 Å². The molecule has 0 aliphatic carbocycles. The fourth-order valence-corrected chi connectivity index (χ4v) is 1.61. The van der Waals surface area contributed by atoms with E-state index in [1.165, 1.54) is 19.2 Å². The molecule has 18 heavy (non-hydrogen) atoms. The van der Waals surface area contributed by atoms with Gasteiger partial charge in [0.15, 0.2) is 5.78 Å². The number of carbonyl (C=O) groups excluding carboxylic acids is 1. The summed E-state index contributed by atoms with van der Waals surface area (Å²) in [6, 6.07) is 6.17. The maximum atomic E-state index is 12.1. The second kappa shape index (κ2) is 4.62. The summed E-state index contributed by atoms with van der Waals surface area (Å²) >= 11 is 5.72. The lowest BCUT2D eigenvalue weighted by molar-refractivity contribution is 0.103.